The molecule has 27 heavy (non-hydrogen) atoms. The fourth-order valence-corrected chi connectivity index (χ4v) is 3.37. The van der Waals surface area contributed by atoms with Gasteiger partial charge in [-0.2, -0.15) is 10.5 Å². The van der Waals surface area contributed by atoms with E-state index in [0.717, 1.165) is 33.3 Å². The lowest BCUT2D eigenvalue weighted by molar-refractivity contribution is 0.606. The summed E-state index contributed by atoms with van der Waals surface area (Å²) >= 11 is 0. The van der Waals surface area contributed by atoms with Crippen LogP contribution < -0.4 is 5.56 Å². The molecule has 0 aliphatic rings. The Morgan fingerprint density at radius 2 is 1.96 bits per heavy atom. The molecule has 5 nitrogen and oxygen atoms in total. The van der Waals surface area contributed by atoms with Crippen LogP contribution in [-0.4, -0.2) is 9.97 Å². The molecule has 3 rings (SSSR count). The molecule has 0 radical (unpaired) electrons. The Kier molecular flexibility index (Phi) is 4.79. The average molecular weight is 356 g/mol. The lowest BCUT2D eigenvalue weighted by Gasteiger charge is -2.23. The number of aromatic amines is 1. The van der Waals surface area contributed by atoms with E-state index in [0.29, 0.717) is 18.5 Å². The number of nitrogens with zero attached hydrogens (tertiary/aromatic N) is 3. The van der Waals surface area contributed by atoms with Gasteiger partial charge in [0, 0.05) is 16.8 Å². The van der Waals surface area contributed by atoms with Crippen LogP contribution in [0.2, 0.25) is 0 Å². The fourth-order valence-electron chi connectivity index (χ4n) is 3.37. The first kappa shape index (κ1) is 18.4. The van der Waals surface area contributed by atoms with Crippen molar-refractivity contribution in [3.8, 4) is 12.1 Å². The van der Waals surface area contributed by atoms with Crippen LogP contribution in [0.25, 0.3) is 10.9 Å². The molecule has 0 fully saturated rings. The van der Waals surface area contributed by atoms with E-state index in [2.05, 4.69) is 22.1 Å². The van der Waals surface area contributed by atoms with Gasteiger partial charge in [-0.3, -0.25) is 4.79 Å². The summed E-state index contributed by atoms with van der Waals surface area (Å²) in [7, 11) is 0. The SMILES string of the molecule is CCc1cc2ccc(C(C)(C#N)Cc3cc(C)nc(C#N)c3)cc2[nH]c1=O. The van der Waals surface area contributed by atoms with Crippen LogP contribution in [-0.2, 0) is 18.3 Å². The highest BCUT2D eigenvalue weighted by atomic mass is 16.1. The van der Waals surface area contributed by atoms with Crippen LogP contribution in [0.1, 0.15) is 41.9 Å². The highest BCUT2D eigenvalue weighted by molar-refractivity contribution is 5.80. The van der Waals surface area contributed by atoms with Gasteiger partial charge in [-0.25, -0.2) is 4.98 Å². The van der Waals surface area contributed by atoms with Crippen LogP contribution >= 0.6 is 0 Å². The first-order valence-electron chi connectivity index (χ1n) is 8.84. The van der Waals surface area contributed by atoms with Gasteiger partial charge in [0.05, 0.1) is 11.5 Å². The van der Waals surface area contributed by atoms with Crippen LogP contribution in [0, 0.1) is 29.6 Å². The smallest absolute Gasteiger partial charge is 0.251 e. The van der Waals surface area contributed by atoms with Gasteiger partial charge in [-0.15, -0.1) is 0 Å². The van der Waals surface area contributed by atoms with Gasteiger partial charge < -0.3 is 4.98 Å². The predicted octanol–water partition coefficient (Wildman–Crippen LogP) is 3.69. The zero-order valence-electron chi connectivity index (χ0n) is 15.6. The average Bonchev–Trinajstić information content (AvgIpc) is 2.66. The molecule has 1 N–H and O–H groups in total. The van der Waals surface area contributed by atoms with Crippen molar-refractivity contribution in [2.75, 3.05) is 0 Å². The van der Waals surface area contributed by atoms with Crippen molar-refractivity contribution in [2.45, 2.75) is 39.0 Å². The lowest BCUT2D eigenvalue weighted by atomic mass is 9.78. The minimum Gasteiger partial charge on any atom is -0.322 e. The predicted molar refractivity (Wildman–Crippen MR) is 104 cm³/mol. The summed E-state index contributed by atoms with van der Waals surface area (Å²) in [4.78, 5) is 19.2. The van der Waals surface area contributed by atoms with E-state index >= 15 is 0 Å². The topological polar surface area (TPSA) is 93.3 Å². The van der Waals surface area contributed by atoms with E-state index in [1.165, 1.54) is 0 Å². The largest absolute Gasteiger partial charge is 0.322 e. The molecular weight excluding hydrogens is 336 g/mol. The number of hydrogen-bond donors (Lipinski definition) is 1. The molecule has 0 bridgehead atoms. The summed E-state index contributed by atoms with van der Waals surface area (Å²) in [5, 5.41) is 20.0. The molecular formula is C22H20N4O. The summed E-state index contributed by atoms with van der Waals surface area (Å²) in [6.45, 7) is 5.65. The summed E-state index contributed by atoms with van der Waals surface area (Å²) in [6, 6.07) is 15.7. The second-order valence-corrected chi connectivity index (χ2v) is 7.01. The number of H-pyrrole nitrogens is 1. The van der Waals surface area contributed by atoms with Crippen molar-refractivity contribution in [3.05, 3.63) is 74.8 Å². The Balaban J connectivity index is 2.06. The zero-order chi connectivity index (χ0) is 19.6. The number of nitriles is 2. The van der Waals surface area contributed by atoms with Crippen molar-refractivity contribution >= 4 is 10.9 Å². The number of pyridine rings is 2. The van der Waals surface area contributed by atoms with Crippen molar-refractivity contribution in [1.29, 1.82) is 10.5 Å². The molecule has 2 heterocycles. The van der Waals surface area contributed by atoms with Crippen molar-refractivity contribution in [1.82, 2.24) is 9.97 Å². The molecule has 3 aromatic rings. The Hall–Kier alpha value is -3.44. The highest BCUT2D eigenvalue weighted by Gasteiger charge is 2.27. The molecule has 1 atom stereocenters. The minimum atomic E-state index is -0.797. The fraction of sp³-hybridized carbons (Fsp3) is 0.273. The molecule has 0 saturated heterocycles. The maximum atomic E-state index is 12.1. The van der Waals surface area contributed by atoms with Crippen LogP contribution in [0.5, 0.6) is 0 Å². The van der Waals surface area contributed by atoms with Gasteiger partial charge >= 0.3 is 0 Å². The third-order valence-corrected chi connectivity index (χ3v) is 4.87. The summed E-state index contributed by atoms with van der Waals surface area (Å²) < 4.78 is 0. The Labute approximate surface area is 157 Å². The Morgan fingerprint density at radius 3 is 2.63 bits per heavy atom. The molecule has 1 aromatic carbocycles. The first-order valence-corrected chi connectivity index (χ1v) is 8.84. The molecule has 0 saturated carbocycles. The zero-order valence-corrected chi connectivity index (χ0v) is 15.6. The maximum Gasteiger partial charge on any atom is 0.251 e. The number of rotatable bonds is 4. The lowest BCUT2D eigenvalue weighted by Crippen LogP contribution is -2.23. The normalized spacial score (nSPS) is 12.9. The maximum absolute atomic E-state index is 12.1. The second kappa shape index (κ2) is 7.05. The van der Waals surface area contributed by atoms with Gasteiger partial charge in [-0.05, 0) is 67.5 Å². The molecule has 134 valence electrons. The molecule has 0 amide bonds. The van der Waals surface area contributed by atoms with E-state index in [1.807, 2.05) is 51.1 Å². The van der Waals surface area contributed by atoms with Gasteiger partial charge in [0.15, 0.2) is 0 Å². The Morgan fingerprint density at radius 1 is 1.19 bits per heavy atom. The number of benzene rings is 1. The van der Waals surface area contributed by atoms with Crippen LogP contribution in [0.4, 0.5) is 0 Å². The summed E-state index contributed by atoms with van der Waals surface area (Å²) in [5.41, 5.74) is 3.39. The quantitative estimate of drug-likeness (QED) is 0.771. The monoisotopic (exact) mass is 356 g/mol. The Bertz CT molecular complexity index is 1160. The number of hydrogen-bond acceptors (Lipinski definition) is 4. The van der Waals surface area contributed by atoms with Crippen molar-refractivity contribution in [3.63, 3.8) is 0 Å². The van der Waals surface area contributed by atoms with Gasteiger partial charge in [0.1, 0.15) is 11.8 Å². The van der Waals surface area contributed by atoms with Crippen molar-refractivity contribution in [2.24, 2.45) is 0 Å². The van der Waals surface area contributed by atoms with E-state index < -0.39 is 5.41 Å². The molecule has 5 heteroatoms. The standard InChI is InChI=1S/C22H20N4O/c1-4-16-9-17-5-6-18(10-20(17)26-21(16)27)22(3,13-24)11-15-7-14(2)25-19(8-15)12-23/h5-10H,4,11H2,1-3H3,(H,26,27). The highest BCUT2D eigenvalue weighted by Crippen LogP contribution is 2.30. The van der Waals surface area contributed by atoms with Gasteiger partial charge in [0.25, 0.3) is 5.56 Å². The number of nitrogens with one attached hydrogen (secondary N) is 1. The van der Waals surface area contributed by atoms with Crippen LogP contribution in [0.15, 0.2) is 41.2 Å². The number of aryl methyl sites for hydroxylation is 2. The molecule has 0 aliphatic carbocycles. The number of fused-ring (bicyclic) bond motifs is 1. The molecule has 0 aliphatic heterocycles. The van der Waals surface area contributed by atoms with E-state index in [9.17, 15) is 10.1 Å². The first-order chi connectivity index (χ1) is 12.9. The van der Waals surface area contributed by atoms with E-state index in [4.69, 9.17) is 5.26 Å². The number of aromatic nitrogens is 2. The molecule has 1 unspecified atom stereocenters. The summed E-state index contributed by atoms with van der Waals surface area (Å²) in [5.74, 6) is 0. The van der Waals surface area contributed by atoms with Crippen molar-refractivity contribution < 1.29 is 0 Å². The molecule has 0 spiro atoms. The van der Waals surface area contributed by atoms with Crippen LogP contribution in [0.3, 0.4) is 0 Å². The molecule has 2 aromatic heterocycles. The van der Waals surface area contributed by atoms with Gasteiger partial charge in [0.2, 0.25) is 0 Å². The summed E-state index contributed by atoms with van der Waals surface area (Å²) in [6.07, 6.45) is 1.12. The van der Waals surface area contributed by atoms with E-state index in [-0.39, 0.29) is 5.56 Å². The minimum absolute atomic E-state index is 0.0933. The third-order valence-electron chi connectivity index (χ3n) is 4.87. The van der Waals surface area contributed by atoms with E-state index in [1.54, 1.807) is 6.07 Å². The van der Waals surface area contributed by atoms with Gasteiger partial charge in [-0.1, -0.05) is 19.1 Å². The second-order valence-electron chi connectivity index (χ2n) is 7.01. The third kappa shape index (κ3) is 3.59.